The molecule has 1 aliphatic heterocycles. The first-order valence-electron chi connectivity index (χ1n) is 9.27. The average molecular weight is 486 g/mol. The molecule has 0 radical (unpaired) electrons. The predicted octanol–water partition coefficient (Wildman–Crippen LogP) is 2.46. The van der Waals surface area contributed by atoms with Crippen LogP contribution in [-0.2, 0) is 9.53 Å². The molecule has 1 N–H and O–H groups in total. The van der Waals surface area contributed by atoms with Gasteiger partial charge in [0.25, 0.3) is 0 Å². The second-order valence-corrected chi connectivity index (χ2v) is 6.16. The number of ether oxygens (including phenoxy) is 1. The van der Waals surface area contributed by atoms with E-state index in [1.54, 1.807) is 0 Å². The maximum Gasteiger partial charge on any atom is 0.307 e. The van der Waals surface area contributed by atoms with Crippen LogP contribution < -0.4 is 5.32 Å². The third kappa shape index (κ3) is 8.75. The molecule has 0 spiro atoms. The van der Waals surface area contributed by atoms with Gasteiger partial charge in [-0.3, -0.25) is 14.7 Å². The number of nitrogens with zero attached hydrogens (tertiary/aromatic N) is 3. The number of carbonyl (C=O) groups excluding carboxylic acids is 1. The number of carbonyl (C=O) groups is 1. The lowest BCUT2D eigenvalue weighted by atomic mass is 10.2. The summed E-state index contributed by atoms with van der Waals surface area (Å²) in [7, 11) is 1.41. The fraction of sp³-hybridized carbons (Fsp3) is 0.500. The summed E-state index contributed by atoms with van der Waals surface area (Å²) in [6.07, 6.45) is 4.71. The molecule has 150 valence electrons. The summed E-state index contributed by atoms with van der Waals surface area (Å²) in [6.45, 7) is 8.15. The van der Waals surface area contributed by atoms with E-state index in [9.17, 15) is 4.79 Å². The van der Waals surface area contributed by atoms with Gasteiger partial charge < -0.3 is 15.0 Å². The van der Waals surface area contributed by atoms with Crippen molar-refractivity contribution in [3.63, 3.8) is 0 Å². The summed E-state index contributed by atoms with van der Waals surface area (Å²) < 4.78 is 4.67. The van der Waals surface area contributed by atoms with Crippen LogP contribution in [0.1, 0.15) is 18.9 Å². The van der Waals surface area contributed by atoms with Gasteiger partial charge in [0.1, 0.15) is 0 Å². The Morgan fingerprint density at radius 2 is 1.93 bits per heavy atom. The number of methoxy groups -OCH3 is 1. The SMILES string of the molecule is CCNC(=NCCC(=O)OC)N1CCN(C/C=C/c2ccccc2)CC1.I. The standard InChI is InChI=1S/C20H30N4O2.HI/c1-3-21-20(22-12-11-19(25)26-2)24-16-14-23(15-17-24)13-7-10-18-8-5-4-6-9-18;/h4-10H,3,11-17H2,1-2H3,(H,21,22);1H/b10-7+;. The molecule has 0 saturated carbocycles. The molecule has 1 fully saturated rings. The average Bonchev–Trinajstić information content (AvgIpc) is 2.68. The van der Waals surface area contributed by atoms with Crippen molar-refractivity contribution in [3.05, 3.63) is 42.0 Å². The van der Waals surface area contributed by atoms with Crippen molar-refractivity contribution in [2.45, 2.75) is 13.3 Å². The topological polar surface area (TPSA) is 57.2 Å². The monoisotopic (exact) mass is 486 g/mol. The van der Waals surface area contributed by atoms with Gasteiger partial charge in [-0.05, 0) is 12.5 Å². The van der Waals surface area contributed by atoms with Crippen LogP contribution in [0.5, 0.6) is 0 Å². The largest absolute Gasteiger partial charge is 0.469 e. The predicted molar refractivity (Wildman–Crippen MR) is 122 cm³/mol. The third-order valence-electron chi connectivity index (χ3n) is 4.29. The Labute approximate surface area is 179 Å². The van der Waals surface area contributed by atoms with E-state index in [1.807, 2.05) is 6.07 Å². The number of nitrogens with one attached hydrogen (secondary N) is 1. The number of hydrogen-bond donors (Lipinski definition) is 1. The van der Waals surface area contributed by atoms with Crippen LogP contribution >= 0.6 is 24.0 Å². The van der Waals surface area contributed by atoms with E-state index >= 15 is 0 Å². The molecule has 1 heterocycles. The number of hydrogen-bond acceptors (Lipinski definition) is 4. The normalized spacial score (nSPS) is 15.5. The van der Waals surface area contributed by atoms with Crippen LogP contribution in [0, 0.1) is 0 Å². The van der Waals surface area contributed by atoms with Crippen molar-refractivity contribution >= 4 is 42.0 Å². The van der Waals surface area contributed by atoms with Crippen molar-refractivity contribution < 1.29 is 9.53 Å². The lowest BCUT2D eigenvalue weighted by molar-refractivity contribution is -0.140. The number of rotatable bonds is 7. The molecule has 1 aromatic carbocycles. The van der Waals surface area contributed by atoms with Crippen LogP contribution in [0.25, 0.3) is 6.08 Å². The molecule has 0 aliphatic carbocycles. The molecule has 0 unspecified atom stereocenters. The van der Waals surface area contributed by atoms with Crippen LogP contribution in [0.2, 0.25) is 0 Å². The van der Waals surface area contributed by atoms with Crippen molar-refractivity contribution in [1.29, 1.82) is 0 Å². The molecule has 0 bridgehead atoms. The number of aliphatic imine (C=N–C) groups is 1. The number of esters is 1. The lowest BCUT2D eigenvalue weighted by Crippen LogP contribution is -2.52. The van der Waals surface area contributed by atoms with Gasteiger partial charge >= 0.3 is 5.97 Å². The minimum absolute atomic E-state index is 0. The number of piperazine rings is 1. The van der Waals surface area contributed by atoms with E-state index in [0.29, 0.717) is 13.0 Å². The number of halogens is 1. The molecule has 27 heavy (non-hydrogen) atoms. The maximum atomic E-state index is 11.2. The van der Waals surface area contributed by atoms with Gasteiger partial charge in [0.15, 0.2) is 5.96 Å². The van der Waals surface area contributed by atoms with Gasteiger partial charge in [-0.15, -0.1) is 24.0 Å². The van der Waals surface area contributed by atoms with Crippen LogP contribution in [0.4, 0.5) is 0 Å². The summed E-state index contributed by atoms with van der Waals surface area (Å²) in [4.78, 5) is 20.5. The van der Waals surface area contributed by atoms with Crippen LogP contribution in [-0.4, -0.2) is 74.7 Å². The Hall–Kier alpha value is -1.61. The molecule has 6 nitrogen and oxygen atoms in total. The maximum absolute atomic E-state index is 11.2. The molecule has 1 aromatic rings. The van der Waals surface area contributed by atoms with Crippen molar-refractivity contribution in [1.82, 2.24) is 15.1 Å². The Morgan fingerprint density at radius 1 is 1.22 bits per heavy atom. The van der Waals surface area contributed by atoms with E-state index in [1.165, 1.54) is 12.7 Å². The van der Waals surface area contributed by atoms with Crippen molar-refractivity contribution in [3.8, 4) is 0 Å². The highest BCUT2D eigenvalue weighted by Crippen LogP contribution is 2.05. The fourth-order valence-electron chi connectivity index (χ4n) is 2.83. The quantitative estimate of drug-likeness (QED) is 0.278. The second-order valence-electron chi connectivity index (χ2n) is 6.16. The zero-order valence-corrected chi connectivity index (χ0v) is 18.6. The minimum Gasteiger partial charge on any atom is -0.469 e. The van der Waals surface area contributed by atoms with Crippen LogP contribution in [0.3, 0.4) is 0 Å². The highest BCUT2D eigenvalue weighted by molar-refractivity contribution is 14.0. The smallest absolute Gasteiger partial charge is 0.307 e. The minimum atomic E-state index is -0.223. The third-order valence-corrected chi connectivity index (χ3v) is 4.29. The molecule has 0 aromatic heterocycles. The molecule has 0 amide bonds. The summed E-state index contributed by atoms with van der Waals surface area (Å²) in [5, 5.41) is 3.31. The lowest BCUT2D eigenvalue weighted by Gasteiger charge is -2.36. The summed E-state index contributed by atoms with van der Waals surface area (Å²) in [6, 6.07) is 10.4. The Bertz CT molecular complexity index is 599. The number of guanidine groups is 1. The van der Waals surface area contributed by atoms with Gasteiger partial charge in [-0.2, -0.15) is 0 Å². The Kier molecular flexibility index (Phi) is 11.8. The second kappa shape index (κ2) is 13.5. The Morgan fingerprint density at radius 3 is 2.56 bits per heavy atom. The van der Waals surface area contributed by atoms with Gasteiger partial charge in [-0.25, -0.2) is 0 Å². The zero-order valence-electron chi connectivity index (χ0n) is 16.3. The summed E-state index contributed by atoms with van der Waals surface area (Å²) >= 11 is 0. The zero-order chi connectivity index (χ0) is 18.6. The molecule has 2 rings (SSSR count). The van der Waals surface area contributed by atoms with E-state index < -0.39 is 0 Å². The van der Waals surface area contributed by atoms with E-state index in [2.05, 4.69) is 68.2 Å². The summed E-state index contributed by atoms with van der Waals surface area (Å²) in [5.74, 6) is 0.663. The van der Waals surface area contributed by atoms with Crippen molar-refractivity contribution in [2.75, 3.05) is 52.9 Å². The first-order valence-corrected chi connectivity index (χ1v) is 9.27. The van der Waals surface area contributed by atoms with Crippen LogP contribution in [0.15, 0.2) is 41.4 Å². The first-order chi connectivity index (χ1) is 12.7. The van der Waals surface area contributed by atoms with Gasteiger partial charge in [0, 0.05) is 39.3 Å². The Balaban J connectivity index is 0.00000364. The number of benzene rings is 1. The van der Waals surface area contributed by atoms with Gasteiger partial charge in [0.05, 0.1) is 20.1 Å². The van der Waals surface area contributed by atoms with E-state index in [0.717, 1.165) is 45.2 Å². The molecule has 1 saturated heterocycles. The molecular weight excluding hydrogens is 455 g/mol. The van der Waals surface area contributed by atoms with Gasteiger partial charge in [-0.1, -0.05) is 42.5 Å². The summed E-state index contributed by atoms with van der Waals surface area (Å²) in [5.41, 5.74) is 1.23. The molecule has 0 atom stereocenters. The fourth-order valence-corrected chi connectivity index (χ4v) is 2.83. The molecule has 1 aliphatic rings. The van der Waals surface area contributed by atoms with E-state index in [-0.39, 0.29) is 29.9 Å². The van der Waals surface area contributed by atoms with Crippen molar-refractivity contribution in [2.24, 2.45) is 4.99 Å². The first kappa shape index (κ1) is 23.4. The highest BCUT2D eigenvalue weighted by atomic mass is 127. The van der Waals surface area contributed by atoms with Gasteiger partial charge in [0.2, 0.25) is 0 Å². The van der Waals surface area contributed by atoms with E-state index in [4.69, 9.17) is 0 Å². The highest BCUT2D eigenvalue weighted by Gasteiger charge is 2.18. The molecule has 7 heteroatoms. The molecular formula is C20H31IN4O2.